The van der Waals surface area contributed by atoms with Crippen LogP contribution in [0.15, 0.2) is 52.2 Å². The molecule has 0 bridgehead atoms. The summed E-state index contributed by atoms with van der Waals surface area (Å²) in [5, 5.41) is 11.7. The number of carbonyl (C=O) groups excluding carboxylic acids is 1. The van der Waals surface area contributed by atoms with Crippen LogP contribution in [0, 0.1) is 0 Å². The number of ether oxygens (including phenoxy) is 2. The number of halogens is 1. The molecule has 10 heteroatoms. The largest absolute Gasteiger partial charge is 0.475 e. The summed E-state index contributed by atoms with van der Waals surface area (Å²) in [6, 6.07) is 10.7. The summed E-state index contributed by atoms with van der Waals surface area (Å²) in [6.07, 6.45) is 1.64. The molecule has 1 amide bonds. The Kier molecular flexibility index (Phi) is 7.85. The van der Waals surface area contributed by atoms with Gasteiger partial charge in [0, 0.05) is 36.0 Å². The van der Waals surface area contributed by atoms with Gasteiger partial charge in [0.15, 0.2) is 0 Å². The summed E-state index contributed by atoms with van der Waals surface area (Å²) in [6.45, 7) is 1.15. The smallest absolute Gasteiger partial charge is 0.277 e. The molecular weight excluding hydrogens is 416 g/mol. The van der Waals surface area contributed by atoms with Crippen LogP contribution in [0.1, 0.15) is 5.56 Å². The van der Waals surface area contributed by atoms with Crippen molar-refractivity contribution in [1.82, 2.24) is 20.5 Å². The fraction of sp³-hybridized carbons (Fsp3) is 0.263. The van der Waals surface area contributed by atoms with Gasteiger partial charge >= 0.3 is 0 Å². The molecule has 0 saturated heterocycles. The van der Waals surface area contributed by atoms with E-state index in [1.165, 1.54) is 0 Å². The summed E-state index contributed by atoms with van der Waals surface area (Å²) in [4.78, 5) is 16.3. The highest BCUT2D eigenvalue weighted by molar-refractivity contribution is 7.99. The van der Waals surface area contributed by atoms with E-state index in [0.717, 1.165) is 22.9 Å². The maximum Gasteiger partial charge on any atom is 0.277 e. The van der Waals surface area contributed by atoms with Crippen molar-refractivity contribution >= 4 is 29.3 Å². The van der Waals surface area contributed by atoms with Gasteiger partial charge in [-0.15, -0.1) is 10.2 Å². The molecule has 0 spiro atoms. The molecule has 8 nitrogen and oxygen atoms in total. The average molecular weight is 435 g/mol. The highest BCUT2D eigenvalue weighted by Crippen LogP contribution is 2.24. The Morgan fingerprint density at radius 2 is 2.03 bits per heavy atom. The third-order valence-electron chi connectivity index (χ3n) is 3.68. The molecule has 2 aromatic heterocycles. The van der Waals surface area contributed by atoms with Crippen LogP contribution in [0.3, 0.4) is 0 Å². The van der Waals surface area contributed by atoms with Gasteiger partial charge in [0.25, 0.3) is 5.22 Å². The first-order valence-electron chi connectivity index (χ1n) is 8.70. The summed E-state index contributed by atoms with van der Waals surface area (Å²) >= 11 is 7.03. The van der Waals surface area contributed by atoms with Gasteiger partial charge in [0.1, 0.15) is 6.61 Å². The summed E-state index contributed by atoms with van der Waals surface area (Å²) < 4.78 is 16.1. The number of amides is 1. The normalized spacial score (nSPS) is 10.7. The molecule has 0 fully saturated rings. The van der Waals surface area contributed by atoms with E-state index in [4.69, 9.17) is 25.5 Å². The van der Waals surface area contributed by atoms with Crippen LogP contribution in [0.4, 0.5) is 0 Å². The lowest BCUT2D eigenvalue weighted by Gasteiger charge is -2.10. The Labute approximate surface area is 177 Å². The standard InChI is InChI=1S/C19H19ClN4O4S/c1-26-9-10-27-17-14(3-2-8-21-17)11-22-16(25)12-29-19-24-23-18(28-19)13-4-6-15(20)7-5-13/h2-8H,9-12H2,1H3,(H,22,25). The van der Waals surface area contributed by atoms with Gasteiger partial charge in [-0.3, -0.25) is 4.79 Å². The fourth-order valence-corrected chi connectivity index (χ4v) is 2.98. The molecule has 0 unspecified atom stereocenters. The highest BCUT2D eigenvalue weighted by Gasteiger charge is 2.12. The molecule has 3 rings (SSSR count). The first kappa shape index (κ1) is 21.1. The molecule has 0 aliphatic rings. The molecule has 0 aliphatic heterocycles. The number of methoxy groups -OCH3 is 1. The Bertz CT molecular complexity index is 936. The van der Waals surface area contributed by atoms with E-state index in [-0.39, 0.29) is 11.7 Å². The molecule has 1 aromatic carbocycles. The molecule has 0 saturated carbocycles. The van der Waals surface area contributed by atoms with Crippen LogP contribution in [-0.2, 0) is 16.1 Å². The Morgan fingerprint density at radius 1 is 1.21 bits per heavy atom. The van der Waals surface area contributed by atoms with Crippen LogP contribution >= 0.6 is 23.4 Å². The average Bonchev–Trinajstić information content (AvgIpc) is 3.21. The molecule has 29 heavy (non-hydrogen) atoms. The maximum atomic E-state index is 12.2. The van der Waals surface area contributed by atoms with E-state index in [2.05, 4.69) is 20.5 Å². The lowest BCUT2D eigenvalue weighted by molar-refractivity contribution is -0.118. The quantitative estimate of drug-likeness (QED) is 0.383. The fourth-order valence-electron chi connectivity index (χ4n) is 2.26. The van der Waals surface area contributed by atoms with E-state index in [1.54, 1.807) is 43.6 Å². The van der Waals surface area contributed by atoms with Crippen LogP contribution in [-0.4, -0.2) is 47.2 Å². The zero-order chi connectivity index (χ0) is 20.5. The number of aromatic nitrogens is 3. The lowest BCUT2D eigenvalue weighted by Crippen LogP contribution is -2.25. The number of thioether (sulfide) groups is 1. The first-order valence-corrected chi connectivity index (χ1v) is 10.1. The van der Waals surface area contributed by atoms with Crippen molar-refractivity contribution in [3.8, 4) is 17.3 Å². The van der Waals surface area contributed by atoms with Crippen molar-refractivity contribution in [3.63, 3.8) is 0 Å². The minimum Gasteiger partial charge on any atom is -0.475 e. The summed E-state index contributed by atoms with van der Waals surface area (Å²) in [7, 11) is 1.60. The van der Waals surface area contributed by atoms with Gasteiger partial charge < -0.3 is 19.2 Å². The Morgan fingerprint density at radius 3 is 2.83 bits per heavy atom. The minimum absolute atomic E-state index is 0.141. The van der Waals surface area contributed by atoms with Gasteiger partial charge in [-0.2, -0.15) is 0 Å². The van der Waals surface area contributed by atoms with Crippen molar-refractivity contribution in [1.29, 1.82) is 0 Å². The van der Waals surface area contributed by atoms with Gasteiger partial charge in [-0.05, 0) is 30.3 Å². The van der Waals surface area contributed by atoms with Crippen LogP contribution < -0.4 is 10.1 Å². The van der Waals surface area contributed by atoms with Crippen LogP contribution in [0.5, 0.6) is 5.88 Å². The van der Waals surface area contributed by atoms with Crippen molar-refractivity contribution in [3.05, 3.63) is 53.2 Å². The summed E-state index contributed by atoms with van der Waals surface area (Å²) in [5.41, 5.74) is 1.54. The lowest BCUT2D eigenvalue weighted by atomic mass is 10.2. The van der Waals surface area contributed by atoms with Gasteiger partial charge in [-0.1, -0.05) is 29.4 Å². The number of nitrogens with zero attached hydrogens (tertiary/aromatic N) is 3. The molecule has 152 valence electrons. The second-order valence-corrected chi connectivity index (χ2v) is 7.12. The first-order chi connectivity index (χ1) is 14.2. The van der Waals surface area contributed by atoms with E-state index in [1.807, 2.05) is 6.07 Å². The summed E-state index contributed by atoms with van der Waals surface area (Å²) in [5.74, 6) is 0.815. The monoisotopic (exact) mass is 434 g/mol. The number of carbonyl (C=O) groups is 1. The highest BCUT2D eigenvalue weighted by atomic mass is 35.5. The van der Waals surface area contributed by atoms with Crippen molar-refractivity contribution in [2.24, 2.45) is 0 Å². The third-order valence-corrected chi connectivity index (χ3v) is 4.75. The van der Waals surface area contributed by atoms with Gasteiger partial charge in [0.2, 0.25) is 17.7 Å². The Hall–Kier alpha value is -2.62. The predicted molar refractivity (Wildman–Crippen MR) is 109 cm³/mol. The number of benzene rings is 1. The van der Waals surface area contributed by atoms with E-state index >= 15 is 0 Å². The minimum atomic E-state index is -0.173. The van der Waals surface area contributed by atoms with E-state index in [0.29, 0.717) is 41.8 Å². The second-order valence-electron chi connectivity index (χ2n) is 5.75. The van der Waals surface area contributed by atoms with Gasteiger partial charge in [0.05, 0.1) is 12.4 Å². The van der Waals surface area contributed by atoms with E-state index < -0.39 is 0 Å². The molecule has 0 atom stereocenters. The SMILES string of the molecule is COCCOc1ncccc1CNC(=O)CSc1nnc(-c2ccc(Cl)cc2)o1. The topological polar surface area (TPSA) is 99.4 Å². The number of rotatable bonds is 10. The molecule has 0 aliphatic carbocycles. The van der Waals surface area contributed by atoms with Crippen LogP contribution in [0.2, 0.25) is 5.02 Å². The number of hydrogen-bond donors (Lipinski definition) is 1. The number of pyridine rings is 1. The molecule has 2 heterocycles. The van der Waals surface area contributed by atoms with Crippen molar-refractivity contribution in [2.45, 2.75) is 11.8 Å². The second kappa shape index (κ2) is 10.8. The third kappa shape index (κ3) is 6.45. The van der Waals surface area contributed by atoms with Gasteiger partial charge in [-0.25, -0.2) is 4.98 Å². The molecule has 0 radical (unpaired) electrons. The number of nitrogens with one attached hydrogen (secondary N) is 1. The predicted octanol–water partition coefficient (Wildman–Crippen LogP) is 3.22. The molecule has 3 aromatic rings. The van der Waals surface area contributed by atoms with Crippen LogP contribution in [0.25, 0.3) is 11.5 Å². The van der Waals surface area contributed by atoms with Crippen molar-refractivity contribution < 1.29 is 18.7 Å². The molecular formula is C19H19ClN4O4S. The number of hydrogen-bond acceptors (Lipinski definition) is 8. The van der Waals surface area contributed by atoms with E-state index in [9.17, 15) is 4.79 Å². The zero-order valence-electron chi connectivity index (χ0n) is 15.6. The van der Waals surface area contributed by atoms with Crippen molar-refractivity contribution in [2.75, 3.05) is 26.1 Å². The Balaban J connectivity index is 1.48. The maximum absolute atomic E-state index is 12.2. The zero-order valence-corrected chi connectivity index (χ0v) is 17.2. The molecule has 1 N–H and O–H groups in total.